The van der Waals surface area contributed by atoms with Crippen molar-refractivity contribution in [3.8, 4) is 5.82 Å². The first-order valence-corrected chi connectivity index (χ1v) is 11.7. The number of H-pyrrole nitrogens is 1. The van der Waals surface area contributed by atoms with Crippen LogP contribution in [0.4, 0.5) is 0 Å². The number of piperazine rings is 1. The molecule has 176 valence electrons. The van der Waals surface area contributed by atoms with Crippen molar-refractivity contribution in [2.45, 2.75) is 45.3 Å². The molecule has 2 aliphatic rings. The number of hydrogen-bond donors (Lipinski definition) is 1. The molecule has 3 aromatic rings. The van der Waals surface area contributed by atoms with E-state index < -0.39 is 11.2 Å². The summed E-state index contributed by atoms with van der Waals surface area (Å²) in [5.74, 6) is 1.13. The van der Waals surface area contributed by atoms with Gasteiger partial charge in [-0.2, -0.15) is 0 Å². The molecule has 0 bridgehead atoms. The molecule has 0 unspecified atom stereocenters. The molecular weight excluding hydrogens is 422 g/mol. The SMILES string of the molecule is C[C@H]1CN(CC2CCOCC2)[C@@H](C)CN1Cc1ccc2onc(-n3ccc(=O)[nH]c3=O)c2c1. The van der Waals surface area contributed by atoms with Gasteiger partial charge in [-0.25, -0.2) is 9.36 Å². The molecule has 2 aliphatic heterocycles. The number of ether oxygens (including phenoxy) is 1. The van der Waals surface area contributed by atoms with Crippen molar-refractivity contribution in [3.05, 3.63) is 56.9 Å². The van der Waals surface area contributed by atoms with Gasteiger partial charge in [-0.1, -0.05) is 11.2 Å². The molecular formula is C24H31N5O4. The molecule has 0 aliphatic carbocycles. The molecule has 9 nitrogen and oxygen atoms in total. The van der Waals surface area contributed by atoms with E-state index in [9.17, 15) is 9.59 Å². The second kappa shape index (κ2) is 9.24. The highest BCUT2D eigenvalue weighted by atomic mass is 16.5. The largest absolute Gasteiger partial charge is 0.381 e. The predicted octanol–water partition coefficient (Wildman–Crippen LogP) is 1.99. The number of fused-ring (bicyclic) bond motifs is 1. The summed E-state index contributed by atoms with van der Waals surface area (Å²) in [7, 11) is 0. The van der Waals surface area contributed by atoms with Crippen molar-refractivity contribution in [2.75, 3.05) is 32.8 Å². The molecule has 1 aromatic carbocycles. The zero-order valence-corrected chi connectivity index (χ0v) is 19.2. The zero-order valence-electron chi connectivity index (χ0n) is 19.2. The van der Waals surface area contributed by atoms with Crippen molar-refractivity contribution < 1.29 is 9.26 Å². The fourth-order valence-corrected chi connectivity index (χ4v) is 5.07. The van der Waals surface area contributed by atoms with Gasteiger partial charge < -0.3 is 9.26 Å². The minimum atomic E-state index is -0.536. The summed E-state index contributed by atoms with van der Waals surface area (Å²) < 4.78 is 12.3. The lowest BCUT2D eigenvalue weighted by Gasteiger charge is -2.45. The zero-order chi connectivity index (χ0) is 22.9. The molecule has 9 heteroatoms. The first-order chi connectivity index (χ1) is 16.0. The maximum atomic E-state index is 12.2. The van der Waals surface area contributed by atoms with Crippen LogP contribution in [0.1, 0.15) is 32.3 Å². The molecule has 0 saturated carbocycles. The highest BCUT2D eigenvalue weighted by Crippen LogP contribution is 2.26. The van der Waals surface area contributed by atoms with Gasteiger partial charge in [0.2, 0.25) is 0 Å². The Morgan fingerprint density at radius 1 is 1.06 bits per heavy atom. The second-order valence-corrected chi connectivity index (χ2v) is 9.45. The molecule has 33 heavy (non-hydrogen) atoms. The summed E-state index contributed by atoms with van der Waals surface area (Å²) in [4.78, 5) is 31.1. The molecule has 0 radical (unpaired) electrons. The Bertz CT molecular complexity index is 1230. The number of nitrogens with zero attached hydrogens (tertiary/aromatic N) is 4. The summed E-state index contributed by atoms with van der Waals surface area (Å²) in [6.07, 6.45) is 3.76. The Morgan fingerprint density at radius 3 is 2.61 bits per heavy atom. The van der Waals surface area contributed by atoms with Crippen LogP contribution in [0.25, 0.3) is 16.8 Å². The highest BCUT2D eigenvalue weighted by molar-refractivity contribution is 5.84. The minimum absolute atomic E-state index is 0.385. The van der Waals surface area contributed by atoms with E-state index in [-0.39, 0.29) is 0 Å². The van der Waals surface area contributed by atoms with Crippen molar-refractivity contribution in [1.29, 1.82) is 0 Å². The maximum absolute atomic E-state index is 12.2. The molecule has 0 amide bonds. The van der Waals surface area contributed by atoms with Crippen LogP contribution in [0.5, 0.6) is 0 Å². The third-order valence-corrected chi connectivity index (χ3v) is 7.03. The van der Waals surface area contributed by atoms with Gasteiger partial charge in [0.25, 0.3) is 5.56 Å². The third-order valence-electron chi connectivity index (χ3n) is 7.03. The fourth-order valence-electron chi connectivity index (χ4n) is 5.07. The summed E-state index contributed by atoms with van der Waals surface area (Å²) in [6, 6.07) is 8.23. The van der Waals surface area contributed by atoms with Gasteiger partial charge >= 0.3 is 5.69 Å². The molecule has 2 aromatic heterocycles. The van der Waals surface area contributed by atoms with Gasteiger partial charge in [-0.3, -0.25) is 19.6 Å². The van der Waals surface area contributed by atoms with E-state index in [1.54, 1.807) is 0 Å². The minimum Gasteiger partial charge on any atom is -0.381 e. The quantitative estimate of drug-likeness (QED) is 0.631. The predicted molar refractivity (Wildman–Crippen MR) is 125 cm³/mol. The van der Waals surface area contributed by atoms with E-state index >= 15 is 0 Å². The maximum Gasteiger partial charge on any atom is 0.334 e. The lowest BCUT2D eigenvalue weighted by Crippen LogP contribution is -2.56. The average molecular weight is 454 g/mol. The summed E-state index contributed by atoms with van der Waals surface area (Å²) in [5, 5.41) is 4.82. The Labute approximate surface area is 191 Å². The number of aromatic amines is 1. The van der Waals surface area contributed by atoms with Crippen LogP contribution in [0.2, 0.25) is 0 Å². The van der Waals surface area contributed by atoms with Crippen LogP contribution in [-0.2, 0) is 11.3 Å². The van der Waals surface area contributed by atoms with E-state index in [0.717, 1.165) is 56.3 Å². The lowest BCUT2D eigenvalue weighted by atomic mass is 9.97. The number of aromatic nitrogens is 3. The number of rotatable bonds is 5. The molecule has 4 heterocycles. The second-order valence-electron chi connectivity index (χ2n) is 9.45. The van der Waals surface area contributed by atoms with Gasteiger partial charge in [0.05, 0.1) is 5.39 Å². The van der Waals surface area contributed by atoms with E-state index in [2.05, 4.69) is 39.9 Å². The van der Waals surface area contributed by atoms with Gasteiger partial charge in [-0.05, 0) is 50.3 Å². The fraction of sp³-hybridized carbons (Fsp3) is 0.542. The first kappa shape index (κ1) is 22.1. The molecule has 5 rings (SSSR count). The average Bonchev–Trinajstić information content (AvgIpc) is 3.21. The number of nitrogens with one attached hydrogen (secondary N) is 1. The number of benzene rings is 1. The first-order valence-electron chi connectivity index (χ1n) is 11.7. The monoisotopic (exact) mass is 453 g/mol. The van der Waals surface area contributed by atoms with Crippen molar-refractivity contribution >= 4 is 11.0 Å². The standard InChI is InChI=1S/C24H31N5O4/c1-16-13-28(17(2)12-27(16)14-18-6-9-32-10-7-18)15-19-3-4-21-20(11-19)23(26-33-21)29-8-5-22(30)25-24(29)31/h3-5,8,11,16-18H,6-7,9-10,12-15H2,1-2H3,(H,25,30,31)/t16-,17-/m0/s1. The van der Waals surface area contributed by atoms with Gasteiger partial charge in [0, 0.05) is 63.7 Å². The van der Waals surface area contributed by atoms with Crippen LogP contribution < -0.4 is 11.2 Å². The topological polar surface area (TPSA) is 96.6 Å². The van der Waals surface area contributed by atoms with Crippen LogP contribution in [0.3, 0.4) is 0 Å². The van der Waals surface area contributed by atoms with Crippen molar-refractivity contribution in [1.82, 2.24) is 24.5 Å². The summed E-state index contributed by atoms with van der Waals surface area (Å²) in [6.45, 7) is 10.5. The van der Waals surface area contributed by atoms with Gasteiger partial charge in [0.15, 0.2) is 11.4 Å². The van der Waals surface area contributed by atoms with E-state index in [0.29, 0.717) is 23.5 Å². The Kier molecular flexibility index (Phi) is 6.18. The van der Waals surface area contributed by atoms with Crippen LogP contribution in [-0.4, -0.2) is 69.4 Å². The van der Waals surface area contributed by atoms with Gasteiger partial charge in [0.1, 0.15) is 0 Å². The molecule has 2 atom stereocenters. The smallest absolute Gasteiger partial charge is 0.334 e. The van der Waals surface area contributed by atoms with E-state index in [1.165, 1.54) is 29.7 Å². The Hall–Kier alpha value is -2.75. The Morgan fingerprint density at radius 2 is 1.82 bits per heavy atom. The van der Waals surface area contributed by atoms with Crippen LogP contribution >= 0.6 is 0 Å². The normalized spacial score (nSPS) is 23.3. The molecule has 2 fully saturated rings. The molecule has 2 saturated heterocycles. The lowest BCUT2D eigenvalue weighted by molar-refractivity contribution is 0.00518. The van der Waals surface area contributed by atoms with E-state index in [1.807, 2.05) is 12.1 Å². The van der Waals surface area contributed by atoms with Crippen LogP contribution in [0, 0.1) is 5.92 Å². The van der Waals surface area contributed by atoms with Crippen molar-refractivity contribution in [2.24, 2.45) is 5.92 Å². The molecule has 1 N–H and O–H groups in total. The van der Waals surface area contributed by atoms with Crippen molar-refractivity contribution in [3.63, 3.8) is 0 Å². The summed E-state index contributed by atoms with van der Waals surface area (Å²) >= 11 is 0. The third kappa shape index (κ3) is 4.66. The highest BCUT2D eigenvalue weighted by Gasteiger charge is 2.31. The number of hydrogen-bond acceptors (Lipinski definition) is 7. The Balaban J connectivity index is 1.32. The van der Waals surface area contributed by atoms with Crippen LogP contribution in [0.15, 0.2) is 44.6 Å². The summed E-state index contributed by atoms with van der Waals surface area (Å²) in [5.41, 5.74) is 0.769. The molecule has 0 spiro atoms. The van der Waals surface area contributed by atoms with E-state index in [4.69, 9.17) is 9.26 Å². The van der Waals surface area contributed by atoms with Gasteiger partial charge in [-0.15, -0.1) is 0 Å².